The molecular weight excluding hydrogens is 284 g/mol. The first-order chi connectivity index (χ1) is 10.5. The van der Waals surface area contributed by atoms with Gasteiger partial charge in [-0.1, -0.05) is 32.0 Å². The molecule has 6 heteroatoms. The van der Waals surface area contributed by atoms with Gasteiger partial charge in [-0.2, -0.15) is 0 Å². The highest BCUT2D eigenvalue weighted by Gasteiger charge is 2.23. The van der Waals surface area contributed by atoms with Gasteiger partial charge in [0.25, 0.3) is 5.91 Å². The quantitative estimate of drug-likeness (QED) is 0.586. The largest absolute Gasteiger partial charge is 0.484 e. The first-order valence-corrected chi connectivity index (χ1v) is 7.40. The molecule has 3 N–H and O–H groups in total. The molecule has 0 aliphatic rings. The summed E-state index contributed by atoms with van der Waals surface area (Å²) in [6.45, 7) is 3.97. The number of ether oxygens (including phenoxy) is 1. The maximum absolute atomic E-state index is 12.0. The second-order valence-corrected chi connectivity index (χ2v) is 5.26. The third-order valence-electron chi connectivity index (χ3n) is 3.01. The highest BCUT2D eigenvalue weighted by molar-refractivity contribution is 5.88. The molecule has 1 rings (SSSR count). The molecule has 1 unspecified atom stereocenters. The smallest absolute Gasteiger partial charge is 0.258 e. The second-order valence-electron chi connectivity index (χ2n) is 5.26. The van der Waals surface area contributed by atoms with E-state index in [2.05, 4.69) is 10.6 Å². The first-order valence-electron chi connectivity index (χ1n) is 7.40. The summed E-state index contributed by atoms with van der Waals surface area (Å²) in [6, 6.07) is 8.39. The monoisotopic (exact) mass is 308 g/mol. The third-order valence-corrected chi connectivity index (χ3v) is 3.01. The molecule has 1 aromatic carbocycles. The topological polar surface area (TPSA) is 87.7 Å². The summed E-state index contributed by atoms with van der Waals surface area (Å²) in [5.74, 6) is -0.0441. The zero-order chi connectivity index (χ0) is 16.4. The van der Waals surface area contributed by atoms with Crippen molar-refractivity contribution in [2.45, 2.75) is 26.3 Å². The molecule has 0 saturated carbocycles. The minimum atomic E-state index is -0.620. The van der Waals surface area contributed by atoms with Crippen LogP contribution in [-0.4, -0.2) is 42.7 Å². The fraction of sp³-hybridized carbons (Fsp3) is 0.500. The molecule has 0 aromatic heterocycles. The molecule has 0 radical (unpaired) electrons. The normalized spacial score (nSPS) is 11.8. The van der Waals surface area contributed by atoms with E-state index in [1.54, 1.807) is 12.1 Å². The van der Waals surface area contributed by atoms with Gasteiger partial charge in [-0.3, -0.25) is 9.59 Å². The number of nitrogens with one attached hydrogen (secondary N) is 2. The average molecular weight is 308 g/mol. The number of hydrogen-bond acceptors (Lipinski definition) is 4. The summed E-state index contributed by atoms with van der Waals surface area (Å²) < 4.78 is 5.35. The van der Waals surface area contributed by atoms with Crippen LogP contribution in [0.5, 0.6) is 5.75 Å². The van der Waals surface area contributed by atoms with Gasteiger partial charge in [0.2, 0.25) is 5.91 Å². The van der Waals surface area contributed by atoms with E-state index in [0.29, 0.717) is 18.7 Å². The van der Waals surface area contributed by atoms with Gasteiger partial charge in [0, 0.05) is 13.2 Å². The summed E-state index contributed by atoms with van der Waals surface area (Å²) in [5.41, 5.74) is 0. The Bertz CT molecular complexity index is 462. The molecule has 0 aliphatic heterocycles. The van der Waals surface area contributed by atoms with E-state index in [1.807, 2.05) is 32.0 Å². The number of carbonyl (C=O) groups is 2. The molecule has 0 aliphatic carbocycles. The first kappa shape index (κ1) is 18.0. The Balaban J connectivity index is 2.44. The Kier molecular flexibility index (Phi) is 7.99. The Morgan fingerprint density at radius 2 is 1.91 bits per heavy atom. The fourth-order valence-electron chi connectivity index (χ4n) is 1.82. The van der Waals surface area contributed by atoms with Crippen LogP contribution in [0.2, 0.25) is 0 Å². The van der Waals surface area contributed by atoms with Gasteiger partial charge in [0.05, 0.1) is 0 Å². The lowest BCUT2D eigenvalue weighted by molar-refractivity contribution is -0.131. The summed E-state index contributed by atoms with van der Waals surface area (Å²) >= 11 is 0. The van der Waals surface area contributed by atoms with Crippen LogP contribution < -0.4 is 15.4 Å². The number of aliphatic hydroxyl groups excluding tert-OH is 1. The van der Waals surface area contributed by atoms with Crippen LogP contribution in [0.1, 0.15) is 20.3 Å². The molecule has 6 nitrogen and oxygen atoms in total. The maximum Gasteiger partial charge on any atom is 0.258 e. The van der Waals surface area contributed by atoms with E-state index in [9.17, 15) is 9.59 Å². The number of benzene rings is 1. The number of amides is 2. The minimum Gasteiger partial charge on any atom is -0.484 e. The number of hydrogen-bond donors (Lipinski definition) is 3. The van der Waals surface area contributed by atoms with Gasteiger partial charge in [-0.25, -0.2) is 0 Å². The summed E-state index contributed by atoms with van der Waals surface area (Å²) in [4.78, 5) is 23.9. The van der Waals surface area contributed by atoms with Crippen LogP contribution in [-0.2, 0) is 9.59 Å². The Morgan fingerprint density at radius 3 is 2.50 bits per heavy atom. The Hall–Kier alpha value is -2.08. The second kappa shape index (κ2) is 9.78. The predicted molar refractivity (Wildman–Crippen MR) is 83.4 cm³/mol. The van der Waals surface area contributed by atoms with Crippen molar-refractivity contribution >= 4 is 11.8 Å². The molecule has 122 valence electrons. The van der Waals surface area contributed by atoms with Crippen molar-refractivity contribution in [3.8, 4) is 5.75 Å². The van der Waals surface area contributed by atoms with Crippen LogP contribution in [0.4, 0.5) is 0 Å². The van der Waals surface area contributed by atoms with E-state index in [-0.39, 0.29) is 30.9 Å². The van der Waals surface area contributed by atoms with E-state index >= 15 is 0 Å². The fourth-order valence-corrected chi connectivity index (χ4v) is 1.82. The van der Waals surface area contributed by atoms with Gasteiger partial charge in [-0.05, 0) is 24.5 Å². The number of rotatable bonds is 9. The van der Waals surface area contributed by atoms with Gasteiger partial charge in [0.15, 0.2) is 6.61 Å². The number of para-hydroxylation sites is 1. The van der Waals surface area contributed by atoms with Gasteiger partial charge < -0.3 is 20.5 Å². The Morgan fingerprint density at radius 1 is 1.23 bits per heavy atom. The van der Waals surface area contributed by atoms with Crippen LogP contribution in [0.3, 0.4) is 0 Å². The van der Waals surface area contributed by atoms with Crippen molar-refractivity contribution in [1.82, 2.24) is 10.6 Å². The summed E-state index contributed by atoms with van der Waals surface area (Å²) in [6.07, 6.45) is 0.488. The molecule has 0 bridgehead atoms. The number of aliphatic hydroxyl groups is 1. The van der Waals surface area contributed by atoms with Crippen LogP contribution in [0, 0.1) is 5.92 Å². The molecule has 22 heavy (non-hydrogen) atoms. The van der Waals surface area contributed by atoms with Crippen molar-refractivity contribution in [1.29, 1.82) is 0 Å². The number of carbonyl (C=O) groups excluding carboxylic acids is 2. The molecule has 0 spiro atoms. The lowest BCUT2D eigenvalue weighted by Gasteiger charge is -2.21. The van der Waals surface area contributed by atoms with Crippen LogP contribution >= 0.6 is 0 Å². The lowest BCUT2D eigenvalue weighted by Crippen LogP contribution is -2.51. The highest BCUT2D eigenvalue weighted by atomic mass is 16.5. The SMILES string of the molecule is CC(C)C(NC(=O)COc1ccccc1)C(=O)NCCCO. The van der Waals surface area contributed by atoms with Crippen molar-refractivity contribution in [2.75, 3.05) is 19.8 Å². The van der Waals surface area contributed by atoms with Gasteiger partial charge in [-0.15, -0.1) is 0 Å². The van der Waals surface area contributed by atoms with Crippen molar-refractivity contribution in [3.05, 3.63) is 30.3 Å². The molecule has 0 heterocycles. The summed E-state index contributed by atoms with van der Waals surface area (Å²) in [7, 11) is 0. The molecular formula is C16H24N2O4. The van der Waals surface area contributed by atoms with E-state index < -0.39 is 6.04 Å². The lowest BCUT2D eigenvalue weighted by atomic mass is 10.0. The average Bonchev–Trinajstić information content (AvgIpc) is 2.51. The van der Waals surface area contributed by atoms with Crippen molar-refractivity contribution in [2.24, 2.45) is 5.92 Å². The minimum absolute atomic E-state index is 0.0178. The maximum atomic E-state index is 12.0. The standard InChI is InChI=1S/C16H24N2O4/c1-12(2)15(16(21)17-9-6-10-19)18-14(20)11-22-13-7-4-3-5-8-13/h3-5,7-8,12,15,19H,6,9-11H2,1-2H3,(H,17,21)(H,18,20). The van der Waals surface area contributed by atoms with E-state index in [1.165, 1.54) is 0 Å². The van der Waals surface area contributed by atoms with E-state index in [4.69, 9.17) is 9.84 Å². The van der Waals surface area contributed by atoms with E-state index in [0.717, 1.165) is 0 Å². The molecule has 2 amide bonds. The zero-order valence-electron chi connectivity index (χ0n) is 13.0. The molecule has 0 fully saturated rings. The zero-order valence-corrected chi connectivity index (χ0v) is 13.0. The van der Waals surface area contributed by atoms with Crippen LogP contribution in [0.15, 0.2) is 30.3 Å². The van der Waals surface area contributed by atoms with Crippen LogP contribution in [0.25, 0.3) is 0 Å². The van der Waals surface area contributed by atoms with Crippen molar-refractivity contribution in [3.63, 3.8) is 0 Å². The summed E-state index contributed by atoms with van der Waals surface area (Å²) in [5, 5.41) is 14.1. The Labute approximate surface area is 130 Å². The molecule has 0 saturated heterocycles. The highest BCUT2D eigenvalue weighted by Crippen LogP contribution is 2.08. The molecule has 1 aromatic rings. The van der Waals surface area contributed by atoms with Gasteiger partial charge in [0.1, 0.15) is 11.8 Å². The molecule has 1 atom stereocenters. The predicted octanol–water partition coefficient (Wildman–Crippen LogP) is 0.705. The van der Waals surface area contributed by atoms with Crippen molar-refractivity contribution < 1.29 is 19.4 Å². The third kappa shape index (κ3) is 6.58. The van der Waals surface area contributed by atoms with Gasteiger partial charge >= 0.3 is 0 Å².